The molecule has 1 aromatic carbocycles. The molecule has 126 valence electrons. The van der Waals surface area contributed by atoms with Crippen LogP contribution < -0.4 is 4.74 Å². The summed E-state index contributed by atoms with van der Waals surface area (Å²) in [6.45, 7) is 6.40. The number of carbonyl (C=O) groups is 1. The Labute approximate surface area is 141 Å². The van der Waals surface area contributed by atoms with Crippen LogP contribution in [-0.4, -0.2) is 49.0 Å². The van der Waals surface area contributed by atoms with E-state index in [0.717, 1.165) is 0 Å². The van der Waals surface area contributed by atoms with Gasteiger partial charge in [-0.1, -0.05) is 11.6 Å². The largest absolute Gasteiger partial charge is 0.489 e. The molecule has 0 radical (unpaired) electrons. The molecule has 3 rings (SSSR count). The SMILES string of the molecule is CC(C)Oc1ccc(C(=O)N2CCC3(CC2)OCCO3)cc1Cl. The standard InChI is InChI=1S/C17H22ClNO4/c1-12(2)23-15-4-3-13(11-14(15)18)16(20)19-7-5-17(6-8-19)21-9-10-22-17/h3-4,11-12H,5-10H2,1-2H3. The maximum absolute atomic E-state index is 12.6. The lowest BCUT2D eigenvalue weighted by atomic mass is 10.0. The minimum absolute atomic E-state index is 0.0177. The minimum Gasteiger partial charge on any atom is -0.489 e. The second-order valence-corrected chi connectivity index (χ2v) is 6.62. The zero-order valence-corrected chi connectivity index (χ0v) is 14.3. The number of rotatable bonds is 3. The predicted molar refractivity (Wildman–Crippen MR) is 87.0 cm³/mol. The lowest BCUT2D eigenvalue weighted by Gasteiger charge is -2.37. The van der Waals surface area contributed by atoms with Crippen LogP contribution in [0, 0.1) is 0 Å². The van der Waals surface area contributed by atoms with Gasteiger partial charge in [0.05, 0.1) is 24.3 Å². The van der Waals surface area contributed by atoms with Crippen LogP contribution in [0.4, 0.5) is 0 Å². The molecule has 6 heteroatoms. The molecular weight excluding hydrogens is 318 g/mol. The average molecular weight is 340 g/mol. The molecule has 2 aliphatic rings. The van der Waals surface area contributed by atoms with Crippen molar-refractivity contribution < 1.29 is 19.0 Å². The summed E-state index contributed by atoms with van der Waals surface area (Å²) < 4.78 is 17.0. The van der Waals surface area contributed by atoms with Gasteiger partial charge in [-0.25, -0.2) is 0 Å². The van der Waals surface area contributed by atoms with E-state index in [1.54, 1.807) is 18.2 Å². The number of halogens is 1. The van der Waals surface area contributed by atoms with E-state index in [-0.39, 0.29) is 12.0 Å². The van der Waals surface area contributed by atoms with E-state index in [1.165, 1.54) is 0 Å². The van der Waals surface area contributed by atoms with Crippen molar-refractivity contribution in [2.45, 2.75) is 38.6 Å². The summed E-state index contributed by atoms with van der Waals surface area (Å²) in [6.07, 6.45) is 1.46. The second kappa shape index (κ2) is 6.67. The highest BCUT2D eigenvalue weighted by Gasteiger charge is 2.40. The molecule has 2 aliphatic heterocycles. The predicted octanol–water partition coefficient (Wildman–Crippen LogP) is 3.11. The molecule has 0 atom stereocenters. The van der Waals surface area contributed by atoms with Gasteiger partial charge in [0, 0.05) is 31.5 Å². The second-order valence-electron chi connectivity index (χ2n) is 6.21. The van der Waals surface area contributed by atoms with E-state index >= 15 is 0 Å². The summed E-state index contributed by atoms with van der Waals surface area (Å²) in [4.78, 5) is 14.5. The number of nitrogens with zero attached hydrogens (tertiary/aromatic N) is 1. The molecule has 1 aromatic rings. The van der Waals surface area contributed by atoms with Crippen molar-refractivity contribution in [2.75, 3.05) is 26.3 Å². The van der Waals surface area contributed by atoms with Crippen LogP contribution in [0.3, 0.4) is 0 Å². The molecule has 2 fully saturated rings. The Bertz CT molecular complexity index is 574. The first kappa shape index (κ1) is 16.6. The van der Waals surface area contributed by atoms with E-state index in [2.05, 4.69) is 0 Å². The first-order valence-electron chi connectivity index (χ1n) is 8.02. The summed E-state index contributed by atoms with van der Waals surface area (Å²) >= 11 is 6.22. The Morgan fingerprint density at radius 1 is 1.26 bits per heavy atom. The van der Waals surface area contributed by atoms with Crippen molar-refractivity contribution in [1.82, 2.24) is 4.90 Å². The van der Waals surface area contributed by atoms with Crippen molar-refractivity contribution >= 4 is 17.5 Å². The third-order valence-electron chi connectivity index (χ3n) is 4.17. The zero-order chi connectivity index (χ0) is 16.4. The van der Waals surface area contributed by atoms with Crippen LogP contribution in [0.2, 0.25) is 5.02 Å². The van der Waals surface area contributed by atoms with Crippen LogP contribution in [0.5, 0.6) is 5.75 Å². The monoisotopic (exact) mass is 339 g/mol. The van der Waals surface area contributed by atoms with Crippen molar-refractivity contribution in [1.29, 1.82) is 0 Å². The topological polar surface area (TPSA) is 48.0 Å². The lowest BCUT2D eigenvalue weighted by molar-refractivity contribution is -0.181. The van der Waals surface area contributed by atoms with Crippen molar-refractivity contribution in [2.24, 2.45) is 0 Å². The Hall–Kier alpha value is -1.30. The summed E-state index contributed by atoms with van der Waals surface area (Å²) in [7, 11) is 0. The van der Waals surface area contributed by atoms with Gasteiger partial charge in [-0.15, -0.1) is 0 Å². The van der Waals surface area contributed by atoms with Gasteiger partial charge < -0.3 is 19.1 Å². The third kappa shape index (κ3) is 3.62. The van der Waals surface area contributed by atoms with Crippen molar-refractivity contribution in [3.05, 3.63) is 28.8 Å². The lowest BCUT2D eigenvalue weighted by Crippen LogP contribution is -2.47. The van der Waals surface area contributed by atoms with Crippen molar-refractivity contribution in [3.8, 4) is 5.75 Å². The van der Waals surface area contributed by atoms with Gasteiger partial charge in [0.25, 0.3) is 5.91 Å². The fourth-order valence-corrected chi connectivity index (χ4v) is 3.23. The number of hydrogen-bond donors (Lipinski definition) is 0. The van der Waals surface area contributed by atoms with Gasteiger partial charge in [-0.05, 0) is 32.0 Å². The number of amides is 1. The summed E-state index contributed by atoms with van der Waals surface area (Å²) in [5, 5.41) is 0.459. The number of likely N-dealkylation sites (tertiary alicyclic amines) is 1. The van der Waals surface area contributed by atoms with Crippen LogP contribution in [0.15, 0.2) is 18.2 Å². The van der Waals surface area contributed by atoms with E-state index in [1.807, 2.05) is 18.7 Å². The Balaban J connectivity index is 1.65. The molecule has 0 N–H and O–H groups in total. The molecule has 5 nitrogen and oxygen atoms in total. The number of ether oxygens (including phenoxy) is 3. The quantitative estimate of drug-likeness (QED) is 0.849. The van der Waals surface area contributed by atoms with Crippen LogP contribution in [0.25, 0.3) is 0 Å². The highest BCUT2D eigenvalue weighted by atomic mass is 35.5. The molecular formula is C17H22ClNO4. The normalized spacial score (nSPS) is 20.3. The molecule has 0 aliphatic carbocycles. The Morgan fingerprint density at radius 3 is 2.48 bits per heavy atom. The Morgan fingerprint density at radius 2 is 1.91 bits per heavy atom. The minimum atomic E-state index is -0.469. The first-order chi connectivity index (χ1) is 11.0. The van der Waals surface area contributed by atoms with E-state index in [9.17, 15) is 4.79 Å². The fourth-order valence-electron chi connectivity index (χ4n) is 3.00. The van der Waals surface area contributed by atoms with Crippen molar-refractivity contribution in [3.63, 3.8) is 0 Å². The fraction of sp³-hybridized carbons (Fsp3) is 0.588. The smallest absolute Gasteiger partial charge is 0.253 e. The highest BCUT2D eigenvalue weighted by Crippen LogP contribution is 2.32. The average Bonchev–Trinajstić information content (AvgIpc) is 2.97. The van der Waals surface area contributed by atoms with E-state index in [0.29, 0.717) is 55.5 Å². The van der Waals surface area contributed by atoms with Crippen LogP contribution in [-0.2, 0) is 9.47 Å². The number of benzene rings is 1. The number of piperidine rings is 1. The van der Waals surface area contributed by atoms with Gasteiger partial charge in [0.2, 0.25) is 0 Å². The molecule has 0 aromatic heterocycles. The molecule has 1 amide bonds. The molecule has 1 spiro atoms. The Kier molecular flexibility index (Phi) is 4.80. The van der Waals surface area contributed by atoms with Gasteiger partial charge in [-0.2, -0.15) is 0 Å². The number of carbonyl (C=O) groups excluding carboxylic acids is 1. The summed E-state index contributed by atoms with van der Waals surface area (Å²) in [6, 6.07) is 5.19. The molecule has 2 saturated heterocycles. The molecule has 0 unspecified atom stereocenters. The maximum Gasteiger partial charge on any atom is 0.253 e. The molecule has 23 heavy (non-hydrogen) atoms. The first-order valence-corrected chi connectivity index (χ1v) is 8.40. The van der Waals surface area contributed by atoms with Gasteiger partial charge in [-0.3, -0.25) is 4.79 Å². The van der Waals surface area contributed by atoms with Gasteiger partial charge >= 0.3 is 0 Å². The molecule has 2 heterocycles. The molecule has 0 bridgehead atoms. The van der Waals surface area contributed by atoms with E-state index < -0.39 is 5.79 Å². The van der Waals surface area contributed by atoms with E-state index in [4.69, 9.17) is 25.8 Å². The highest BCUT2D eigenvalue weighted by molar-refractivity contribution is 6.32. The van der Waals surface area contributed by atoms with Gasteiger partial charge in [0.15, 0.2) is 5.79 Å². The zero-order valence-electron chi connectivity index (χ0n) is 13.5. The summed E-state index contributed by atoms with van der Waals surface area (Å²) in [5.41, 5.74) is 0.579. The summed E-state index contributed by atoms with van der Waals surface area (Å²) in [5.74, 6) is 0.114. The van der Waals surface area contributed by atoms with Crippen LogP contribution in [0.1, 0.15) is 37.0 Å². The number of hydrogen-bond acceptors (Lipinski definition) is 4. The van der Waals surface area contributed by atoms with Gasteiger partial charge in [0.1, 0.15) is 5.75 Å². The maximum atomic E-state index is 12.6. The van der Waals surface area contributed by atoms with Crippen LogP contribution >= 0.6 is 11.6 Å². The molecule has 0 saturated carbocycles. The third-order valence-corrected chi connectivity index (χ3v) is 4.46.